The summed E-state index contributed by atoms with van der Waals surface area (Å²) in [7, 11) is 3.14. The summed E-state index contributed by atoms with van der Waals surface area (Å²) in [6, 6.07) is 13.3. The van der Waals surface area contributed by atoms with Crippen LogP contribution in [-0.4, -0.2) is 19.2 Å². The molecule has 1 heterocycles. The van der Waals surface area contributed by atoms with Crippen LogP contribution in [0.3, 0.4) is 0 Å². The minimum atomic E-state index is 0.495. The lowest BCUT2D eigenvalue weighted by atomic mass is 10.1. The van der Waals surface area contributed by atoms with E-state index in [4.69, 9.17) is 32.7 Å². The second-order valence-electron chi connectivity index (χ2n) is 5.14. The first-order valence-corrected chi connectivity index (χ1v) is 8.02. The average molecular weight is 360 g/mol. The first-order valence-electron chi connectivity index (χ1n) is 7.26. The zero-order valence-corrected chi connectivity index (χ0v) is 14.7. The lowest BCUT2D eigenvalue weighted by Crippen LogP contribution is -1.92. The largest absolute Gasteiger partial charge is 0.493 e. The van der Waals surface area contributed by atoms with Crippen molar-refractivity contribution in [1.29, 1.82) is 0 Å². The van der Waals surface area contributed by atoms with E-state index in [1.807, 2.05) is 54.6 Å². The van der Waals surface area contributed by atoms with E-state index in [-0.39, 0.29) is 0 Å². The summed E-state index contributed by atoms with van der Waals surface area (Å²) in [6.45, 7) is 0. The number of nitrogens with zero attached hydrogens (tertiary/aromatic N) is 1. The van der Waals surface area contributed by atoms with Crippen LogP contribution in [0.5, 0.6) is 11.5 Å². The Hall–Kier alpha value is -2.23. The highest BCUT2D eigenvalue weighted by Crippen LogP contribution is 2.36. The van der Waals surface area contributed by atoms with E-state index in [2.05, 4.69) is 4.98 Å². The molecule has 0 radical (unpaired) electrons. The van der Waals surface area contributed by atoms with E-state index >= 15 is 0 Å². The van der Waals surface area contributed by atoms with Gasteiger partial charge in [0.2, 0.25) is 0 Å². The van der Waals surface area contributed by atoms with Crippen molar-refractivity contribution in [3.8, 4) is 11.5 Å². The third-order valence-electron chi connectivity index (χ3n) is 3.58. The molecule has 0 amide bonds. The number of hydrogen-bond donors (Lipinski definition) is 0. The maximum atomic E-state index is 6.22. The number of pyridine rings is 1. The highest BCUT2D eigenvalue weighted by molar-refractivity contribution is 6.32. The van der Waals surface area contributed by atoms with Crippen LogP contribution in [0.1, 0.15) is 11.3 Å². The SMILES string of the molecule is COc1cc(/C=C/c2ccc3ccc(Cl)cc3n2)cc(Cl)c1OC. The monoisotopic (exact) mass is 359 g/mol. The highest BCUT2D eigenvalue weighted by Gasteiger charge is 2.09. The van der Waals surface area contributed by atoms with Crippen molar-refractivity contribution in [2.75, 3.05) is 14.2 Å². The van der Waals surface area contributed by atoms with Crippen molar-refractivity contribution in [2.45, 2.75) is 0 Å². The Morgan fingerprint density at radius 2 is 1.71 bits per heavy atom. The summed E-state index contributed by atoms with van der Waals surface area (Å²) >= 11 is 12.2. The molecule has 0 aliphatic carbocycles. The molecule has 3 aromatic rings. The maximum absolute atomic E-state index is 6.22. The molecule has 2 aromatic carbocycles. The van der Waals surface area contributed by atoms with Gasteiger partial charge < -0.3 is 9.47 Å². The summed E-state index contributed by atoms with van der Waals surface area (Å²) in [6.07, 6.45) is 3.84. The topological polar surface area (TPSA) is 31.4 Å². The molecule has 0 aliphatic heterocycles. The normalized spacial score (nSPS) is 11.2. The Bertz CT molecular complexity index is 923. The number of rotatable bonds is 4. The van der Waals surface area contributed by atoms with Gasteiger partial charge in [-0.05, 0) is 42.0 Å². The fourth-order valence-corrected chi connectivity index (χ4v) is 2.88. The second kappa shape index (κ2) is 7.12. The fraction of sp³-hybridized carbons (Fsp3) is 0.105. The molecule has 0 saturated carbocycles. The molecule has 0 unspecified atom stereocenters. The van der Waals surface area contributed by atoms with E-state index in [9.17, 15) is 0 Å². The Labute approximate surface area is 150 Å². The molecule has 0 fully saturated rings. The summed E-state index contributed by atoms with van der Waals surface area (Å²) in [5.41, 5.74) is 2.58. The van der Waals surface area contributed by atoms with Gasteiger partial charge in [0.1, 0.15) is 0 Å². The quantitative estimate of drug-likeness (QED) is 0.595. The van der Waals surface area contributed by atoms with E-state index in [0.29, 0.717) is 21.5 Å². The second-order valence-corrected chi connectivity index (χ2v) is 5.99. The molecular weight excluding hydrogens is 345 g/mol. The molecule has 0 atom stereocenters. The molecule has 0 saturated heterocycles. The molecule has 0 bridgehead atoms. The van der Waals surface area contributed by atoms with Crippen LogP contribution in [0.25, 0.3) is 23.1 Å². The van der Waals surface area contributed by atoms with Crippen LogP contribution >= 0.6 is 23.2 Å². The standard InChI is InChI=1S/C19H15Cl2NO2/c1-23-18-10-12(9-16(21)19(18)24-2)3-7-15-8-5-13-4-6-14(20)11-17(13)22-15/h3-11H,1-2H3/b7-3+. The Morgan fingerprint density at radius 3 is 2.46 bits per heavy atom. The molecule has 0 N–H and O–H groups in total. The minimum Gasteiger partial charge on any atom is -0.493 e. The molecule has 5 heteroatoms. The van der Waals surface area contributed by atoms with Gasteiger partial charge >= 0.3 is 0 Å². The number of halogens is 2. The summed E-state index contributed by atoms with van der Waals surface area (Å²) in [5.74, 6) is 1.11. The van der Waals surface area contributed by atoms with Gasteiger partial charge in [-0.25, -0.2) is 4.98 Å². The predicted molar refractivity (Wildman–Crippen MR) is 100 cm³/mol. The minimum absolute atomic E-state index is 0.495. The van der Waals surface area contributed by atoms with Gasteiger partial charge in [0, 0.05) is 10.4 Å². The van der Waals surface area contributed by atoms with Crippen molar-refractivity contribution in [1.82, 2.24) is 4.98 Å². The molecule has 122 valence electrons. The molecule has 24 heavy (non-hydrogen) atoms. The smallest absolute Gasteiger partial charge is 0.179 e. The number of fused-ring (bicyclic) bond motifs is 1. The maximum Gasteiger partial charge on any atom is 0.179 e. The van der Waals surface area contributed by atoms with Crippen LogP contribution in [0.2, 0.25) is 10.0 Å². The lowest BCUT2D eigenvalue weighted by Gasteiger charge is -2.10. The number of aromatic nitrogens is 1. The molecular formula is C19H15Cl2NO2. The fourth-order valence-electron chi connectivity index (χ4n) is 2.41. The molecule has 0 aliphatic rings. The first kappa shape index (κ1) is 16.6. The molecule has 1 aromatic heterocycles. The lowest BCUT2D eigenvalue weighted by molar-refractivity contribution is 0.355. The van der Waals surface area contributed by atoms with Crippen molar-refractivity contribution in [3.05, 3.63) is 63.8 Å². The van der Waals surface area contributed by atoms with Gasteiger partial charge in [0.05, 0.1) is 30.5 Å². The number of methoxy groups -OCH3 is 2. The van der Waals surface area contributed by atoms with Gasteiger partial charge in [-0.3, -0.25) is 0 Å². The van der Waals surface area contributed by atoms with Crippen molar-refractivity contribution >= 4 is 46.3 Å². The first-order chi connectivity index (χ1) is 11.6. The third kappa shape index (κ3) is 3.48. The zero-order valence-electron chi connectivity index (χ0n) is 13.2. The van der Waals surface area contributed by atoms with E-state index in [1.165, 1.54) is 0 Å². The van der Waals surface area contributed by atoms with Crippen LogP contribution < -0.4 is 9.47 Å². The highest BCUT2D eigenvalue weighted by atomic mass is 35.5. The van der Waals surface area contributed by atoms with E-state index in [1.54, 1.807) is 14.2 Å². The number of ether oxygens (including phenoxy) is 2. The van der Waals surface area contributed by atoms with Gasteiger partial charge in [0.15, 0.2) is 11.5 Å². The predicted octanol–water partition coefficient (Wildman–Crippen LogP) is 5.73. The zero-order chi connectivity index (χ0) is 17.1. The van der Waals surface area contributed by atoms with Crippen LogP contribution in [-0.2, 0) is 0 Å². The van der Waals surface area contributed by atoms with Crippen molar-refractivity contribution in [2.24, 2.45) is 0 Å². The molecule has 0 spiro atoms. The van der Waals surface area contributed by atoms with Crippen LogP contribution in [0.4, 0.5) is 0 Å². The summed E-state index contributed by atoms with van der Waals surface area (Å²) < 4.78 is 10.5. The average Bonchev–Trinajstić information content (AvgIpc) is 2.58. The summed E-state index contributed by atoms with van der Waals surface area (Å²) in [5, 5.41) is 2.21. The van der Waals surface area contributed by atoms with E-state index in [0.717, 1.165) is 22.2 Å². The number of hydrogen-bond acceptors (Lipinski definition) is 3. The van der Waals surface area contributed by atoms with Gasteiger partial charge in [-0.15, -0.1) is 0 Å². The van der Waals surface area contributed by atoms with Crippen molar-refractivity contribution < 1.29 is 9.47 Å². The third-order valence-corrected chi connectivity index (χ3v) is 4.09. The van der Waals surface area contributed by atoms with Crippen molar-refractivity contribution in [3.63, 3.8) is 0 Å². The van der Waals surface area contributed by atoms with Crippen LogP contribution in [0, 0.1) is 0 Å². The van der Waals surface area contributed by atoms with Gasteiger partial charge in [-0.1, -0.05) is 41.4 Å². The summed E-state index contributed by atoms with van der Waals surface area (Å²) in [4.78, 5) is 4.59. The number of benzene rings is 2. The van der Waals surface area contributed by atoms with Gasteiger partial charge in [-0.2, -0.15) is 0 Å². The Morgan fingerprint density at radius 1 is 0.917 bits per heavy atom. The van der Waals surface area contributed by atoms with Crippen LogP contribution in [0.15, 0.2) is 42.5 Å². The Balaban J connectivity index is 1.94. The molecule has 3 nitrogen and oxygen atoms in total. The van der Waals surface area contributed by atoms with E-state index < -0.39 is 0 Å². The Kier molecular flexibility index (Phi) is 4.93. The molecule has 3 rings (SSSR count). The van der Waals surface area contributed by atoms with Gasteiger partial charge in [0.25, 0.3) is 0 Å².